The van der Waals surface area contributed by atoms with Gasteiger partial charge < -0.3 is 0 Å². The lowest BCUT2D eigenvalue weighted by molar-refractivity contribution is 1.18. The average Bonchev–Trinajstić information content (AvgIpc) is 3.14. The van der Waals surface area contributed by atoms with Crippen molar-refractivity contribution in [3.05, 3.63) is 156 Å². The second-order valence-electron chi connectivity index (χ2n) is 10.9. The maximum atomic E-state index is 4.87. The molecule has 0 aliphatic rings. The Kier molecular flexibility index (Phi) is 10.6. The Balaban J connectivity index is 0.00000105. The number of fused-ring (bicyclic) bond motifs is 2. The summed E-state index contributed by atoms with van der Waals surface area (Å²) in [6.45, 7) is 14.5. The van der Waals surface area contributed by atoms with Crippen molar-refractivity contribution in [1.29, 1.82) is 0 Å². The minimum Gasteiger partial charge on any atom is -0.294 e. The van der Waals surface area contributed by atoms with Gasteiger partial charge in [0.15, 0.2) is 0 Å². The number of para-hydroxylation sites is 2. The zero-order chi connectivity index (χ0) is 33.3. The molecule has 7 aromatic rings. The molecule has 2 heterocycles. The van der Waals surface area contributed by atoms with Crippen molar-refractivity contribution in [3.63, 3.8) is 0 Å². The Morgan fingerprint density at radius 1 is 0.404 bits per heavy atom. The highest BCUT2D eigenvalue weighted by atomic mass is 15.2. The molecule has 4 heteroatoms. The summed E-state index contributed by atoms with van der Waals surface area (Å²) in [5.74, 6) is 1.74. The molecule has 0 unspecified atom stereocenters. The molecule has 0 atom stereocenters. The molecule has 4 nitrogen and oxygen atoms in total. The molecule has 0 N–H and O–H groups in total. The number of pyridine rings is 2. The van der Waals surface area contributed by atoms with Crippen LogP contribution >= 0.6 is 0 Å². The van der Waals surface area contributed by atoms with Gasteiger partial charge in [0.25, 0.3) is 0 Å². The van der Waals surface area contributed by atoms with Gasteiger partial charge in [-0.15, -0.1) is 0 Å². The highest BCUT2D eigenvalue weighted by Gasteiger charge is 2.26. The molecular weight excluding hydrogens is 573 g/mol. The van der Waals surface area contributed by atoms with Gasteiger partial charge in [-0.2, -0.15) is 0 Å². The van der Waals surface area contributed by atoms with Crippen LogP contribution in [0.4, 0.5) is 34.4 Å². The van der Waals surface area contributed by atoms with E-state index in [4.69, 9.17) is 9.97 Å². The molecule has 47 heavy (non-hydrogen) atoms. The lowest BCUT2D eigenvalue weighted by Crippen LogP contribution is -2.16. The van der Waals surface area contributed by atoms with Gasteiger partial charge in [-0.25, -0.2) is 9.97 Å². The summed E-state index contributed by atoms with van der Waals surface area (Å²) in [7, 11) is 0. The van der Waals surface area contributed by atoms with E-state index in [0.29, 0.717) is 0 Å². The van der Waals surface area contributed by atoms with Crippen molar-refractivity contribution in [2.45, 2.75) is 48.5 Å². The van der Waals surface area contributed by atoms with Crippen LogP contribution in [0, 0.1) is 20.8 Å². The van der Waals surface area contributed by atoms with Crippen molar-refractivity contribution in [3.8, 4) is 0 Å². The van der Waals surface area contributed by atoms with Crippen LogP contribution in [0.1, 0.15) is 44.4 Å². The van der Waals surface area contributed by atoms with Gasteiger partial charge in [0.2, 0.25) is 0 Å². The molecule has 0 amide bonds. The molecule has 0 spiro atoms. The number of benzene rings is 5. The number of hydrogen-bond donors (Lipinski definition) is 0. The first-order valence-electron chi connectivity index (χ1n) is 16.6. The number of nitrogens with zero attached hydrogens (tertiary/aromatic N) is 4. The van der Waals surface area contributed by atoms with Crippen LogP contribution in [0.25, 0.3) is 21.5 Å². The topological polar surface area (TPSA) is 32.3 Å². The summed E-state index contributed by atoms with van der Waals surface area (Å²) < 4.78 is 0. The van der Waals surface area contributed by atoms with Crippen LogP contribution < -0.4 is 9.80 Å². The van der Waals surface area contributed by atoms with Gasteiger partial charge in [0.1, 0.15) is 11.6 Å². The van der Waals surface area contributed by atoms with Crippen molar-refractivity contribution in [1.82, 2.24) is 9.97 Å². The minimum absolute atomic E-state index is 0.868. The standard InChI is InChI=1S/C39H32N4.2C2H6/c1-27-20-21-32-33(24-27)39(43(31-16-8-5-9-17-31)37-19-11-13-23-41-37)35-26-29(3)28(2)25-34(35)38(32)42(30-14-6-4-7-15-30)36-18-10-12-22-40-36;2*1-2/h4-26H,1-3H3;2*1-2H3. The zero-order valence-corrected chi connectivity index (χ0v) is 28.6. The van der Waals surface area contributed by atoms with E-state index in [9.17, 15) is 0 Å². The molecular formula is C43H44N4. The van der Waals surface area contributed by atoms with Crippen molar-refractivity contribution < 1.29 is 0 Å². The van der Waals surface area contributed by atoms with Gasteiger partial charge in [-0.05, 0) is 98.6 Å². The summed E-state index contributed by atoms with van der Waals surface area (Å²) in [6.07, 6.45) is 3.73. The van der Waals surface area contributed by atoms with E-state index < -0.39 is 0 Å². The Morgan fingerprint density at radius 2 is 0.809 bits per heavy atom. The van der Waals surface area contributed by atoms with E-state index >= 15 is 0 Å². The summed E-state index contributed by atoms with van der Waals surface area (Å²) >= 11 is 0. The zero-order valence-electron chi connectivity index (χ0n) is 28.6. The van der Waals surface area contributed by atoms with Crippen LogP contribution in [-0.4, -0.2) is 9.97 Å². The quantitative estimate of drug-likeness (QED) is 0.137. The minimum atomic E-state index is 0.868. The van der Waals surface area contributed by atoms with Crippen LogP contribution in [0.2, 0.25) is 0 Å². The summed E-state index contributed by atoms with van der Waals surface area (Å²) in [4.78, 5) is 14.3. The van der Waals surface area contributed by atoms with E-state index in [1.54, 1.807) is 0 Å². The smallest absolute Gasteiger partial charge is 0.137 e. The summed E-state index contributed by atoms with van der Waals surface area (Å²) in [5.41, 5.74) is 8.01. The van der Waals surface area contributed by atoms with Crippen molar-refractivity contribution in [2.24, 2.45) is 0 Å². The Morgan fingerprint density at radius 3 is 1.23 bits per heavy atom. The highest BCUT2D eigenvalue weighted by molar-refractivity contribution is 6.23. The molecule has 0 radical (unpaired) electrons. The van der Waals surface area contributed by atoms with Gasteiger partial charge in [0.05, 0.1) is 11.4 Å². The third kappa shape index (κ3) is 6.59. The first kappa shape index (κ1) is 32.9. The SMILES string of the molecule is CC.CC.Cc1ccc2c(N(c3ccccc3)c3ccccn3)c3cc(C)c(C)cc3c(N(c3ccccc3)c3ccccn3)c2c1. The van der Waals surface area contributed by atoms with Crippen LogP contribution in [-0.2, 0) is 0 Å². The van der Waals surface area contributed by atoms with Crippen LogP contribution in [0.5, 0.6) is 0 Å². The van der Waals surface area contributed by atoms with Crippen molar-refractivity contribution in [2.75, 3.05) is 9.80 Å². The van der Waals surface area contributed by atoms with Gasteiger partial charge in [0, 0.05) is 45.3 Å². The third-order valence-electron chi connectivity index (χ3n) is 8.06. The van der Waals surface area contributed by atoms with Crippen molar-refractivity contribution >= 4 is 55.9 Å². The molecule has 0 saturated heterocycles. The normalized spacial score (nSPS) is 10.4. The molecule has 5 aromatic carbocycles. The number of anilines is 6. The Labute approximate surface area is 280 Å². The fourth-order valence-corrected chi connectivity index (χ4v) is 5.92. The number of hydrogen-bond acceptors (Lipinski definition) is 4. The highest BCUT2D eigenvalue weighted by Crippen LogP contribution is 2.51. The number of aryl methyl sites for hydroxylation is 3. The van der Waals surface area contributed by atoms with E-state index in [-0.39, 0.29) is 0 Å². The van der Waals surface area contributed by atoms with E-state index in [1.165, 1.54) is 16.7 Å². The first-order chi connectivity index (χ1) is 23.1. The third-order valence-corrected chi connectivity index (χ3v) is 8.06. The van der Waals surface area contributed by atoms with E-state index in [1.807, 2.05) is 52.2 Å². The van der Waals surface area contributed by atoms with Crippen LogP contribution in [0.15, 0.2) is 140 Å². The Bertz CT molecular complexity index is 1960. The fraction of sp³-hybridized carbons (Fsp3) is 0.163. The van der Waals surface area contributed by atoms with Gasteiger partial charge in [-0.1, -0.05) is 93.9 Å². The fourth-order valence-electron chi connectivity index (χ4n) is 5.92. The van der Waals surface area contributed by atoms with Gasteiger partial charge in [-0.3, -0.25) is 9.80 Å². The maximum Gasteiger partial charge on any atom is 0.137 e. The average molecular weight is 617 g/mol. The molecule has 0 aliphatic heterocycles. The maximum absolute atomic E-state index is 4.87. The molecule has 0 bridgehead atoms. The second-order valence-corrected chi connectivity index (χ2v) is 10.9. The van der Waals surface area contributed by atoms with Gasteiger partial charge >= 0.3 is 0 Å². The number of aromatic nitrogens is 2. The molecule has 0 saturated carbocycles. The lowest BCUT2D eigenvalue weighted by atomic mass is 9.92. The van der Waals surface area contributed by atoms with E-state index in [0.717, 1.165) is 55.9 Å². The van der Waals surface area contributed by atoms with Crippen LogP contribution in [0.3, 0.4) is 0 Å². The molecule has 2 aromatic heterocycles. The molecule has 7 rings (SSSR count). The summed E-state index contributed by atoms with van der Waals surface area (Å²) in [6, 6.07) is 44.7. The lowest BCUT2D eigenvalue weighted by Gasteiger charge is -2.32. The Hall–Kier alpha value is -5.48. The second kappa shape index (κ2) is 15.2. The number of rotatable bonds is 6. The van der Waals surface area contributed by atoms with E-state index in [2.05, 4.69) is 146 Å². The largest absolute Gasteiger partial charge is 0.294 e. The molecule has 0 aliphatic carbocycles. The first-order valence-corrected chi connectivity index (χ1v) is 16.6. The monoisotopic (exact) mass is 616 g/mol. The summed E-state index contributed by atoms with van der Waals surface area (Å²) in [5, 5.41) is 4.60. The predicted molar refractivity (Wildman–Crippen MR) is 203 cm³/mol. The molecule has 236 valence electrons. The molecule has 0 fully saturated rings. The predicted octanol–water partition coefficient (Wildman–Crippen LogP) is 12.7.